The molecule has 0 radical (unpaired) electrons. The highest BCUT2D eigenvalue weighted by molar-refractivity contribution is 8.00. The van der Waals surface area contributed by atoms with Gasteiger partial charge in [-0.1, -0.05) is 41.7 Å². The fourth-order valence-electron chi connectivity index (χ4n) is 1.94. The molecule has 0 saturated heterocycles. The van der Waals surface area contributed by atoms with E-state index in [0.717, 1.165) is 15.5 Å². The van der Waals surface area contributed by atoms with Gasteiger partial charge in [-0.15, -0.1) is 22.0 Å². The zero-order valence-corrected chi connectivity index (χ0v) is 14.4. The summed E-state index contributed by atoms with van der Waals surface area (Å²) in [7, 11) is 0. The van der Waals surface area contributed by atoms with Crippen molar-refractivity contribution in [2.75, 3.05) is 11.1 Å². The topological polar surface area (TPSA) is 98.0 Å². The van der Waals surface area contributed by atoms with E-state index in [0.29, 0.717) is 5.13 Å². The Balaban J connectivity index is 1.54. The third-order valence-corrected chi connectivity index (χ3v) is 5.01. The summed E-state index contributed by atoms with van der Waals surface area (Å²) in [6, 6.07) is 15.7. The lowest BCUT2D eigenvalue weighted by Crippen LogP contribution is -2.13. The van der Waals surface area contributed by atoms with Gasteiger partial charge in [0.1, 0.15) is 5.01 Å². The summed E-state index contributed by atoms with van der Waals surface area (Å²) in [5.41, 5.74) is 0.969. The van der Waals surface area contributed by atoms with E-state index in [9.17, 15) is 14.9 Å². The molecule has 0 atom stereocenters. The number of nitro benzene ring substituents is 1. The number of nitro groups is 1. The second-order valence-corrected chi connectivity index (χ2v) is 6.89. The van der Waals surface area contributed by atoms with E-state index < -0.39 is 4.92 Å². The minimum atomic E-state index is -0.457. The Morgan fingerprint density at radius 2 is 1.84 bits per heavy atom. The van der Waals surface area contributed by atoms with Crippen LogP contribution in [0.25, 0.3) is 10.6 Å². The van der Waals surface area contributed by atoms with Crippen molar-refractivity contribution in [1.29, 1.82) is 0 Å². The number of benzene rings is 2. The predicted molar refractivity (Wildman–Crippen MR) is 97.8 cm³/mol. The zero-order chi connectivity index (χ0) is 17.6. The molecule has 1 aromatic heterocycles. The Hall–Kier alpha value is -2.78. The molecule has 25 heavy (non-hydrogen) atoms. The number of carbonyl (C=O) groups is 1. The van der Waals surface area contributed by atoms with Crippen molar-refractivity contribution in [3.05, 3.63) is 64.7 Å². The van der Waals surface area contributed by atoms with Gasteiger partial charge in [0.2, 0.25) is 11.0 Å². The molecule has 3 aromatic rings. The first-order chi connectivity index (χ1) is 12.1. The van der Waals surface area contributed by atoms with Crippen LogP contribution in [0.4, 0.5) is 10.8 Å². The number of rotatable bonds is 6. The van der Waals surface area contributed by atoms with Crippen molar-refractivity contribution in [3.63, 3.8) is 0 Å². The SMILES string of the molecule is O=C(CSc1ccc([N+](=O)[O-])cc1)Nc1nnc(-c2ccccc2)s1. The van der Waals surface area contributed by atoms with Crippen LogP contribution in [0.2, 0.25) is 0 Å². The molecule has 0 unspecified atom stereocenters. The first-order valence-electron chi connectivity index (χ1n) is 7.18. The Bertz CT molecular complexity index is 882. The van der Waals surface area contributed by atoms with Gasteiger partial charge in [0.25, 0.3) is 5.69 Å². The maximum atomic E-state index is 12.0. The van der Waals surface area contributed by atoms with Gasteiger partial charge in [-0.05, 0) is 12.1 Å². The third-order valence-electron chi connectivity index (χ3n) is 3.11. The van der Waals surface area contributed by atoms with Gasteiger partial charge in [0, 0.05) is 22.6 Å². The summed E-state index contributed by atoms with van der Waals surface area (Å²) < 4.78 is 0. The summed E-state index contributed by atoms with van der Waals surface area (Å²) in [6.07, 6.45) is 0. The Labute approximate surface area is 151 Å². The molecule has 2 aromatic carbocycles. The molecule has 0 aliphatic heterocycles. The summed E-state index contributed by atoms with van der Waals surface area (Å²) in [6.45, 7) is 0. The number of nitrogens with zero attached hydrogens (tertiary/aromatic N) is 3. The number of aromatic nitrogens is 2. The van der Waals surface area contributed by atoms with Gasteiger partial charge >= 0.3 is 0 Å². The predicted octanol–water partition coefficient (Wildman–Crippen LogP) is 3.84. The minimum absolute atomic E-state index is 0.0242. The van der Waals surface area contributed by atoms with Crippen LogP contribution in [0.5, 0.6) is 0 Å². The molecular formula is C16H12N4O3S2. The molecule has 7 nitrogen and oxygen atoms in total. The third kappa shape index (κ3) is 4.61. The molecule has 0 fully saturated rings. The quantitative estimate of drug-likeness (QED) is 0.401. The Morgan fingerprint density at radius 1 is 1.12 bits per heavy atom. The molecule has 0 saturated carbocycles. The van der Waals surface area contributed by atoms with Gasteiger partial charge in [-0.2, -0.15) is 0 Å². The van der Waals surface area contributed by atoms with Crippen LogP contribution in [0, 0.1) is 10.1 Å². The standard InChI is InChI=1S/C16H12N4O3S2/c21-14(10-24-13-8-6-12(7-9-13)20(22)23)17-16-19-18-15(25-16)11-4-2-1-3-5-11/h1-9H,10H2,(H,17,19,21). The van der Waals surface area contributed by atoms with Crippen molar-refractivity contribution >= 4 is 39.8 Å². The highest BCUT2D eigenvalue weighted by atomic mass is 32.2. The smallest absolute Gasteiger partial charge is 0.269 e. The van der Waals surface area contributed by atoms with Crippen molar-refractivity contribution < 1.29 is 9.72 Å². The Kier molecular flexibility index (Phi) is 5.36. The highest BCUT2D eigenvalue weighted by Crippen LogP contribution is 2.26. The number of amides is 1. The number of thioether (sulfide) groups is 1. The van der Waals surface area contributed by atoms with E-state index in [2.05, 4.69) is 15.5 Å². The number of hydrogen-bond acceptors (Lipinski definition) is 7. The molecule has 9 heteroatoms. The van der Waals surface area contributed by atoms with E-state index in [1.165, 1.54) is 35.2 Å². The number of hydrogen-bond donors (Lipinski definition) is 1. The van der Waals surface area contributed by atoms with E-state index in [4.69, 9.17) is 0 Å². The van der Waals surface area contributed by atoms with Gasteiger partial charge in [0.15, 0.2) is 0 Å². The average Bonchev–Trinajstić information content (AvgIpc) is 3.09. The lowest BCUT2D eigenvalue weighted by atomic mass is 10.2. The first kappa shape index (κ1) is 17.1. The van der Waals surface area contributed by atoms with Crippen molar-refractivity contribution in [3.8, 4) is 10.6 Å². The molecule has 1 N–H and O–H groups in total. The molecule has 3 rings (SSSR count). The van der Waals surface area contributed by atoms with Gasteiger partial charge in [0.05, 0.1) is 10.7 Å². The number of carbonyl (C=O) groups excluding carboxylic acids is 1. The van der Waals surface area contributed by atoms with E-state index in [1.54, 1.807) is 12.1 Å². The van der Waals surface area contributed by atoms with E-state index in [-0.39, 0.29) is 17.3 Å². The minimum Gasteiger partial charge on any atom is -0.300 e. The van der Waals surface area contributed by atoms with Crippen molar-refractivity contribution in [2.45, 2.75) is 4.90 Å². The molecule has 0 bridgehead atoms. The van der Waals surface area contributed by atoms with Crippen LogP contribution in [0.1, 0.15) is 0 Å². The van der Waals surface area contributed by atoms with Crippen LogP contribution >= 0.6 is 23.1 Å². The van der Waals surface area contributed by atoms with Gasteiger partial charge in [-0.25, -0.2) is 0 Å². The fraction of sp³-hybridized carbons (Fsp3) is 0.0625. The van der Waals surface area contributed by atoms with Crippen LogP contribution < -0.4 is 5.32 Å². The molecule has 0 aliphatic carbocycles. The number of non-ortho nitro benzene ring substituents is 1. The van der Waals surface area contributed by atoms with Crippen molar-refractivity contribution in [2.24, 2.45) is 0 Å². The average molecular weight is 372 g/mol. The van der Waals surface area contributed by atoms with Crippen LogP contribution in [-0.2, 0) is 4.79 Å². The first-order valence-corrected chi connectivity index (χ1v) is 8.98. The summed E-state index contributed by atoms with van der Waals surface area (Å²) in [4.78, 5) is 22.9. The van der Waals surface area contributed by atoms with Crippen LogP contribution in [0.15, 0.2) is 59.5 Å². The maximum absolute atomic E-state index is 12.0. The molecule has 1 amide bonds. The molecule has 0 aliphatic rings. The zero-order valence-electron chi connectivity index (χ0n) is 12.8. The summed E-state index contributed by atoms with van der Waals surface area (Å²) in [5, 5.41) is 22.5. The monoisotopic (exact) mass is 372 g/mol. The molecular weight excluding hydrogens is 360 g/mol. The van der Waals surface area contributed by atoms with Crippen LogP contribution in [0.3, 0.4) is 0 Å². The van der Waals surface area contributed by atoms with Crippen molar-refractivity contribution in [1.82, 2.24) is 10.2 Å². The molecule has 1 heterocycles. The van der Waals surface area contributed by atoms with E-state index in [1.807, 2.05) is 30.3 Å². The summed E-state index contributed by atoms with van der Waals surface area (Å²) in [5.74, 6) is -0.0305. The maximum Gasteiger partial charge on any atom is 0.269 e. The lowest BCUT2D eigenvalue weighted by Gasteiger charge is -2.01. The molecule has 126 valence electrons. The van der Waals surface area contributed by atoms with E-state index >= 15 is 0 Å². The largest absolute Gasteiger partial charge is 0.300 e. The van der Waals surface area contributed by atoms with Gasteiger partial charge < -0.3 is 0 Å². The highest BCUT2D eigenvalue weighted by Gasteiger charge is 2.10. The second kappa shape index (κ2) is 7.86. The number of nitrogens with one attached hydrogen (secondary N) is 1. The number of anilines is 1. The summed E-state index contributed by atoms with van der Waals surface area (Å²) >= 11 is 2.60. The Morgan fingerprint density at radius 3 is 2.52 bits per heavy atom. The fourth-order valence-corrected chi connectivity index (χ4v) is 3.40. The lowest BCUT2D eigenvalue weighted by molar-refractivity contribution is -0.384. The molecule has 0 spiro atoms. The van der Waals surface area contributed by atoms with Gasteiger partial charge in [-0.3, -0.25) is 20.2 Å². The normalized spacial score (nSPS) is 10.4. The van der Waals surface area contributed by atoms with Crippen LogP contribution in [-0.4, -0.2) is 26.8 Å². The second-order valence-electron chi connectivity index (χ2n) is 4.87.